The topological polar surface area (TPSA) is 32.8 Å². The minimum atomic E-state index is 0.251. The molecule has 2 heterocycles. The lowest BCUT2D eigenvalue weighted by molar-refractivity contribution is -0.131. The van der Waals surface area contributed by atoms with Crippen molar-refractivity contribution in [3.05, 3.63) is 0 Å². The van der Waals surface area contributed by atoms with Crippen LogP contribution in [0, 0.1) is 0 Å². The predicted octanol–water partition coefficient (Wildman–Crippen LogP) is 1.50. The fraction of sp³-hybridized carbons (Fsp3) is 0.929. The summed E-state index contributed by atoms with van der Waals surface area (Å²) in [7, 11) is 1.73. The molecule has 0 bridgehead atoms. The van der Waals surface area contributed by atoms with Gasteiger partial charge in [-0.3, -0.25) is 9.69 Å². The van der Waals surface area contributed by atoms with Gasteiger partial charge in [-0.15, -0.1) is 0 Å². The fourth-order valence-corrected chi connectivity index (χ4v) is 2.91. The lowest BCUT2D eigenvalue weighted by Gasteiger charge is -2.26. The summed E-state index contributed by atoms with van der Waals surface area (Å²) in [4.78, 5) is 16.5. The number of amides is 1. The highest BCUT2D eigenvalue weighted by Crippen LogP contribution is 2.14. The summed E-state index contributed by atoms with van der Waals surface area (Å²) >= 11 is 0. The average molecular weight is 254 g/mol. The van der Waals surface area contributed by atoms with Crippen LogP contribution in [0.1, 0.15) is 38.5 Å². The van der Waals surface area contributed by atoms with Crippen LogP contribution in [-0.4, -0.2) is 61.6 Å². The van der Waals surface area contributed by atoms with E-state index in [-0.39, 0.29) is 12.0 Å². The minimum absolute atomic E-state index is 0.251. The summed E-state index contributed by atoms with van der Waals surface area (Å²) in [6, 6.07) is 0. The number of hydrogen-bond acceptors (Lipinski definition) is 3. The molecule has 2 aliphatic rings. The molecule has 2 aliphatic heterocycles. The van der Waals surface area contributed by atoms with Crippen molar-refractivity contribution < 1.29 is 9.53 Å². The maximum atomic E-state index is 12.2. The lowest BCUT2D eigenvalue weighted by Crippen LogP contribution is -2.40. The van der Waals surface area contributed by atoms with E-state index in [1.807, 2.05) is 4.90 Å². The molecule has 0 aromatic rings. The van der Waals surface area contributed by atoms with Crippen LogP contribution >= 0.6 is 0 Å². The molecule has 0 N–H and O–H groups in total. The summed E-state index contributed by atoms with van der Waals surface area (Å²) in [6.45, 7) is 4.44. The van der Waals surface area contributed by atoms with Crippen LogP contribution in [0.3, 0.4) is 0 Å². The molecule has 2 saturated heterocycles. The van der Waals surface area contributed by atoms with E-state index in [0.717, 1.165) is 32.6 Å². The Hall–Kier alpha value is -0.610. The third-order valence-electron chi connectivity index (χ3n) is 4.14. The second kappa shape index (κ2) is 7.10. The van der Waals surface area contributed by atoms with Crippen molar-refractivity contribution in [2.24, 2.45) is 0 Å². The normalized spacial score (nSPS) is 26.9. The molecular weight excluding hydrogens is 228 g/mol. The Labute approximate surface area is 110 Å². The molecule has 1 atom stereocenters. The highest BCUT2D eigenvalue weighted by molar-refractivity contribution is 5.78. The van der Waals surface area contributed by atoms with Crippen molar-refractivity contribution in [1.29, 1.82) is 0 Å². The van der Waals surface area contributed by atoms with Crippen LogP contribution in [0.5, 0.6) is 0 Å². The number of hydrogen-bond donors (Lipinski definition) is 0. The number of rotatable bonds is 3. The van der Waals surface area contributed by atoms with E-state index in [1.165, 1.54) is 32.1 Å². The summed E-state index contributed by atoms with van der Waals surface area (Å²) in [5.41, 5.74) is 0. The number of carbonyl (C=O) groups excluding carboxylic acids is 1. The van der Waals surface area contributed by atoms with Gasteiger partial charge in [0.15, 0.2) is 0 Å². The molecule has 0 saturated carbocycles. The molecule has 0 radical (unpaired) electrons. The van der Waals surface area contributed by atoms with Gasteiger partial charge in [0.05, 0.1) is 12.6 Å². The Balaban J connectivity index is 1.75. The fourth-order valence-electron chi connectivity index (χ4n) is 2.91. The van der Waals surface area contributed by atoms with Crippen molar-refractivity contribution in [3.8, 4) is 0 Å². The molecule has 2 rings (SSSR count). The van der Waals surface area contributed by atoms with Crippen LogP contribution in [0.25, 0.3) is 0 Å². The van der Waals surface area contributed by atoms with Crippen molar-refractivity contribution in [1.82, 2.24) is 9.80 Å². The molecule has 0 aromatic carbocycles. The first-order valence-corrected chi connectivity index (χ1v) is 7.32. The number of likely N-dealkylation sites (tertiary alicyclic amines) is 2. The first kappa shape index (κ1) is 13.8. The van der Waals surface area contributed by atoms with Crippen LogP contribution in [0.4, 0.5) is 0 Å². The second-order valence-corrected chi connectivity index (χ2v) is 5.53. The third kappa shape index (κ3) is 3.95. The van der Waals surface area contributed by atoms with E-state index < -0.39 is 0 Å². The Morgan fingerprint density at radius 1 is 1.11 bits per heavy atom. The smallest absolute Gasteiger partial charge is 0.236 e. The molecule has 1 amide bonds. The Kier molecular flexibility index (Phi) is 5.45. The molecule has 2 fully saturated rings. The van der Waals surface area contributed by atoms with E-state index >= 15 is 0 Å². The highest BCUT2D eigenvalue weighted by Gasteiger charge is 2.26. The van der Waals surface area contributed by atoms with Crippen molar-refractivity contribution >= 4 is 5.91 Å². The number of carbonyl (C=O) groups is 1. The van der Waals surface area contributed by atoms with Crippen molar-refractivity contribution in [2.75, 3.05) is 39.8 Å². The third-order valence-corrected chi connectivity index (χ3v) is 4.14. The molecule has 4 nitrogen and oxygen atoms in total. The quantitative estimate of drug-likeness (QED) is 0.765. The van der Waals surface area contributed by atoms with Gasteiger partial charge in [-0.2, -0.15) is 0 Å². The maximum absolute atomic E-state index is 12.2. The standard InChI is InChI=1S/C14H26N2O2/c1-18-13-7-10-16(11-13)14(17)12-15-8-5-3-2-4-6-9-15/h13H,2-12H2,1H3/t13-/m0/s1. The van der Waals surface area contributed by atoms with E-state index in [1.54, 1.807) is 7.11 Å². The zero-order chi connectivity index (χ0) is 12.8. The Morgan fingerprint density at radius 2 is 1.78 bits per heavy atom. The number of ether oxygens (including phenoxy) is 1. The zero-order valence-corrected chi connectivity index (χ0v) is 11.6. The van der Waals surface area contributed by atoms with Crippen LogP contribution in [0.15, 0.2) is 0 Å². The van der Waals surface area contributed by atoms with Gasteiger partial charge in [0, 0.05) is 20.2 Å². The first-order valence-electron chi connectivity index (χ1n) is 7.32. The monoisotopic (exact) mass is 254 g/mol. The van der Waals surface area contributed by atoms with Gasteiger partial charge in [-0.1, -0.05) is 19.3 Å². The molecule has 18 heavy (non-hydrogen) atoms. The average Bonchev–Trinajstić information content (AvgIpc) is 2.81. The molecule has 4 heteroatoms. The van der Waals surface area contributed by atoms with Gasteiger partial charge < -0.3 is 9.64 Å². The van der Waals surface area contributed by atoms with Gasteiger partial charge >= 0.3 is 0 Å². The summed E-state index contributed by atoms with van der Waals surface area (Å²) in [6.07, 6.45) is 7.73. The molecule has 0 aliphatic carbocycles. The Bertz CT molecular complexity index is 263. The van der Waals surface area contributed by atoms with E-state index in [9.17, 15) is 4.79 Å². The largest absolute Gasteiger partial charge is 0.380 e. The predicted molar refractivity (Wildman–Crippen MR) is 71.5 cm³/mol. The number of nitrogens with zero attached hydrogens (tertiary/aromatic N) is 2. The molecule has 104 valence electrons. The van der Waals surface area contributed by atoms with Crippen LogP contribution < -0.4 is 0 Å². The first-order chi connectivity index (χ1) is 8.79. The van der Waals surface area contributed by atoms with Crippen LogP contribution in [-0.2, 0) is 9.53 Å². The molecule has 0 aromatic heterocycles. The van der Waals surface area contributed by atoms with Crippen molar-refractivity contribution in [3.63, 3.8) is 0 Å². The molecule has 0 unspecified atom stereocenters. The van der Waals surface area contributed by atoms with Gasteiger partial charge in [-0.05, 0) is 32.4 Å². The van der Waals surface area contributed by atoms with Gasteiger partial charge in [0.2, 0.25) is 5.91 Å². The number of methoxy groups -OCH3 is 1. The van der Waals surface area contributed by atoms with Gasteiger partial charge in [-0.25, -0.2) is 0 Å². The maximum Gasteiger partial charge on any atom is 0.236 e. The zero-order valence-electron chi connectivity index (χ0n) is 11.6. The lowest BCUT2D eigenvalue weighted by atomic mass is 10.1. The van der Waals surface area contributed by atoms with E-state index in [2.05, 4.69) is 4.90 Å². The van der Waals surface area contributed by atoms with Crippen molar-refractivity contribution in [2.45, 2.75) is 44.6 Å². The molecular formula is C14H26N2O2. The van der Waals surface area contributed by atoms with E-state index in [0.29, 0.717) is 6.54 Å². The summed E-state index contributed by atoms with van der Waals surface area (Å²) in [5.74, 6) is 0.287. The van der Waals surface area contributed by atoms with Crippen LogP contribution in [0.2, 0.25) is 0 Å². The summed E-state index contributed by atoms with van der Waals surface area (Å²) < 4.78 is 5.31. The molecule has 0 spiro atoms. The second-order valence-electron chi connectivity index (χ2n) is 5.53. The van der Waals surface area contributed by atoms with Gasteiger partial charge in [0.25, 0.3) is 0 Å². The Morgan fingerprint density at radius 3 is 2.39 bits per heavy atom. The highest BCUT2D eigenvalue weighted by atomic mass is 16.5. The van der Waals surface area contributed by atoms with E-state index in [4.69, 9.17) is 4.74 Å². The van der Waals surface area contributed by atoms with Gasteiger partial charge in [0.1, 0.15) is 0 Å². The SMILES string of the molecule is CO[C@H]1CCN(C(=O)CN2CCCCCCC2)C1. The minimum Gasteiger partial charge on any atom is -0.380 e. The summed E-state index contributed by atoms with van der Waals surface area (Å²) in [5, 5.41) is 0.